The van der Waals surface area contributed by atoms with E-state index in [4.69, 9.17) is 4.74 Å². The van der Waals surface area contributed by atoms with Gasteiger partial charge in [0.15, 0.2) is 0 Å². The number of ether oxygens (including phenoxy) is 1. The van der Waals surface area contributed by atoms with Gasteiger partial charge in [0.25, 0.3) is 5.91 Å². The van der Waals surface area contributed by atoms with Gasteiger partial charge in [0.1, 0.15) is 5.75 Å². The fourth-order valence-corrected chi connectivity index (χ4v) is 3.06. The number of hydrogen-bond acceptors (Lipinski definition) is 4. The third kappa shape index (κ3) is 4.88. The summed E-state index contributed by atoms with van der Waals surface area (Å²) in [5.74, 6) is 0.685. The van der Waals surface area contributed by atoms with Crippen LogP contribution in [0.15, 0.2) is 60.9 Å². The zero-order valence-electron chi connectivity index (χ0n) is 16.5. The molecule has 3 rings (SSSR count). The Hall–Kier alpha value is -3.34. The number of pyridine rings is 1. The van der Waals surface area contributed by atoms with Crippen molar-refractivity contribution in [2.24, 2.45) is 0 Å². The third-order valence-corrected chi connectivity index (χ3v) is 4.53. The largest absolute Gasteiger partial charge is 0.496 e. The average Bonchev–Trinajstić information content (AvgIpc) is 2.70. The number of carbonyl (C=O) groups excluding carboxylic acids is 1. The van der Waals surface area contributed by atoms with E-state index in [0.29, 0.717) is 18.5 Å². The zero-order valence-corrected chi connectivity index (χ0v) is 16.5. The minimum Gasteiger partial charge on any atom is -0.496 e. The lowest BCUT2D eigenvalue weighted by Gasteiger charge is -2.12. The van der Waals surface area contributed by atoms with Crippen LogP contribution in [-0.4, -0.2) is 24.5 Å². The Balaban J connectivity index is 1.62. The molecule has 0 aliphatic rings. The Bertz CT molecular complexity index is 970. The first-order valence-corrected chi connectivity index (χ1v) is 9.26. The van der Waals surface area contributed by atoms with Gasteiger partial charge in [-0.05, 0) is 49.6 Å². The van der Waals surface area contributed by atoms with Gasteiger partial charge >= 0.3 is 0 Å². The van der Waals surface area contributed by atoms with Gasteiger partial charge in [-0.15, -0.1) is 0 Å². The Morgan fingerprint density at radius 3 is 2.68 bits per heavy atom. The van der Waals surface area contributed by atoms with E-state index >= 15 is 0 Å². The van der Waals surface area contributed by atoms with Crippen LogP contribution in [-0.2, 0) is 6.42 Å². The second kappa shape index (κ2) is 9.04. The number of rotatable bonds is 7. The van der Waals surface area contributed by atoms with E-state index in [0.717, 1.165) is 28.3 Å². The van der Waals surface area contributed by atoms with Crippen LogP contribution in [0.5, 0.6) is 5.75 Å². The van der Waals surface area contributed by atoms with Crippen molar-refractivity contribution in [2.75, 3.05) is 19.0 Å². The number of anilines is 2. The maximum Gasteiger partial charge on any atom is 0.252 e. The number of methoxy groups -OCH3 is 1. The van der Waals surface area contributed by atoms with Crippen molar-refractivity contribution in [1.29, 1.82) is 0 Å². The minimum atomic E-state index is -0.147. The Kier molecular flexibility index (Phi) is 6.27. The molecule has 144 valence electrons. The van der Waals surface area contributed by atoms with Crippen LogP contribution < -0.4 is 15.4 Å². The van der Waals surface area contributed by atoms with Crippen molar-refractivity contribution in [3.63, 3.8) is 0 Å². The van der Waals surface area contributed by atoms with E-state index in [-0.39, 0.29) is 5.91 Å². The summed E-state index contributed by atoms with van der Waals surface area (Å²) in [6.45, 7) is 4.64. The molecular weight excluding hydrogens is 350 g/mol. The molecule has 5 heteroatoms. The maximum absolute atomic E-state index is 12.5. The number of para-hydroxylation sites is 1. The molecule has 0 atom stereocenters. The van der Waals surface area contributed by atoms with Gasteiger partial charge in [-0.2, -0.15) is 0 Å². The number of hydrogen-bond donors (Lipinski definition) is 2. The van der Waals surface area contributed by atoms with E-state index in [1.807, 2.05) is 36.4 Å². The summed E-state index contributed by atoms with van der Waals surface area (Å²) in [6, 6.07) is 15.8. The molecule has 5 nitrogen and oxygen atoms in total. The molecule has 0 radical (unpaired) electrons. The Morgan fingerprint density at radius 1 is 1.07 bits per heavy atom. The summed E-state index contributed by atoms with van der Waals surface area (Å²) >= 11 is 0. The summed E-state index contributed by atoms with van der Waals surface area (Å²) in [5, 5.41) is 6.28. The maximum atomic E-state index is 12.5. The summed E-state index contributed by atoms with van der Waals surface area (Å²) in [4.78, 5) is 16.7. The smallest absolute Gasteiger partial charge is 0.252 e. The van der Waals surface area contributed by atoms with Gasteiger partial charge in [0.2, 0.25) is 0 Å². The zero-order chi connectivity index (χ0) is 19.9. The first-order valence-electron chi connectivity index (χ1n) is 9.26. The minimum absolute atomic E-state index is 0.147. The molecule has 0 bridgehead atoms. The predicted molar refractivity (Wildman–Crippen MR) is 112 cm³/mol. The van der Waals surface area contributed by atoms with Crippen LogP contribution >= 0.6 is 0 Å². The normalized spacial score (nSPS) is 10.4. The fourth-order valence-electron chi connectivity index (χ4n) is 3.06. The molecule has 0 unspecified atom stereocenters. The summed E-state index contributed by atoms with van der Waals surface area (Å²) in [5.41, 5.74) is 5.73. The molecule has 0 fully saturated rings. The number of carbonyl (C=O) groups is 1. The van der Waals surface area contributed by atoms with E-state index in [2.05, 4.69) is 41.6 Å². The van der Waals surface area contributed by atoms with Crippen LogP contribution in [0.1, 0.15) is 27.0 Å². The van der Waals surface area contributed by atoms with Gasteiger partial charge in [-0.3, -0.25) is 9.78 Å². The molecule has 28 heavy (non-hydrogen) atoms. The highest BCUT2D eigenvalue weighted by atomic mass is 16.5. The highest BCUT2D eigenvalue weighted by Crippen LogP contribution is 2.21. The van der Waals surface area contributed by atoms with Crippen LogP contribution in [0.4, 0.5) is 11.4 Å². The monoisotopic (exact) mass is 375 g/mol. The highest BCUT2D eigenvalue weighted by Gasteiger charge is 2.09. The number of nitrogens with zero attached hydrogens (tertiary/aromatic N) is 1. The number of aromatic nitrogens is 1. The molecule has 3 aromatic rings. The van der Waals surface area contributed by atoms with E-state index in [1.165, 1.54) is 5.56 Å². The van der Waals surface area contributed by atoms with Crippen LogP contribution in [0.2, 0.25) is 0 Å². The van der Waals surface area contributed by atoms with Crippen molar-refractivity contribution >= 4 is 17.3 Å². The third-order valence-electron chi connectivity index (χ3n) is 4.53. The Morgan fingerprint density at radius 2 is 1.89 bits per heavy atom. The first kappa shape index (κ1) is 19.4. The van der Waals surface area contributed by atoms with Crippen LogP contribution in [0, 0.1) is 13.8 Å². The van der Waals surface area contributed by atoms with E-state index in [9.17, 15) is 4.79 Å². The van der Waals surface area contributed by atoms with Crippen molar-refractivity contribution in [2.45, 2.75) is 20.3 Å². The molecule has 2 N–H and O–H groups in total. The molecule has 0 saturated carbocycles. The molecule has 1 aromatic heterocycles. The average molecular weight is 375 g/mol. The number of aryl methyl sites for hydroxylation is 2. The van der Waals surface area contributed by atoms with Crippen molar-refractivity contribution in [3.8, 4) is 5.75 Å². The lowest BCUT2D eigenvalue weighted by Crippen LogP contribution is -2.26. The molecule has 2 aromatic carbocycles. The lowest BCUT2D eigenvalue weighted by atomic mass is 10.1. The standard InChI is InChI=1S/C23H25N3O2/c1-16-8-9-21(17(2)12-16)26-20-13-19(14-24-15-20)23(27)25-11-10-18-6-4-5-7-22(18)28-3/h4-9,12-15,26H,10-11H2,1-3H3,(H,25,27). The van der Waals surface area contributed by atoms with E-state index < -0.39 is 0 Å². The number of nitrogens with one attached hydrogen (secondary N) is 2. The van der Waals surface area contributed by atoms with Gasteiger partial charge in [0, 0.05) is 18.4 Å². The van der Waals surface area contributed by atoms with Gasteiger partial charge < -0.3 is 15.4 Å². The van der Waals surface area contributed by atoms with Crippen molar-refractivity contribution < 1.29 is 9.53 Å². The van der Waals surface area contributed by atoms with Crippen molar-refractivity contribution in [1.82, 2.24) is 10.3 Å². The molecule has 0 aliphatic carbocycles. The van der Waals surface area contributed by atoms with Gasteiger partial charge in [-0.25, -0.2) is 0 Å². The quantitative estimate of drug-likeness (QED) is 0.641. The summed E-state index contributed by atoms with van der Waals surface area (Å²) in [7, 11) is 1.65. The van der Waals surface area contributed by atoms with Crippen LogP contribution in [0.25, 0.3) is 0 Å². The molecule has 1 heterocycles. The molecule has 0 spiro atoms. The molecule has 1 amide bonds. The highest BCUT2D eigenvalue weighted by molar-refractivity contribution is 5.94. The van der Waals surface area contributed by atoms with Crippen molar-refractivity contribution in [3.05, 3.63) is 83.2 Å². The van der Waals surface area contributed by atoms with Crippen LogP contribution in [0.3, 0.4) is 0 Å². The predicted octanol–water partition coefficient (Wildman–Crippen LogP) is 4.42. The molecule has 0 saturated heterocycles. The number of benzene rings is 2. The topological polar surface area (TPSA) is 63.2 Å². The second-order valence-electron chi connectivity index (χ2n) is 6.72. The fraction of sp³-hybridized carbons (Fsp3) is 0.217. The second-order valence-corrected chi connectivity index (χ2v) is 6.72. The summed E-state index contributed by atoms with van der Waals surface area (Å²) < 4.78 is 5.35. The SMILES string of the molecule is COc1ccccc1CCNC(=O)c1cncc(Nc2ccc(C)cc2C)c1. The Labute approximate surface area is 165 Å². The van der Waals surface area contributed by atoms with Gasteiger partial charge in [-0.1, -0.05) is 35.9 Å². The summed E-state index contributed by atoms with van der Waals surface area (Å²) in [6.07, 6.45) is 3.99. The van der Waals surface area contributed by atoms with Gasteiger partial charge in [0.05, 0.1) is 24.6 Å². The number of amides is 1. The first-order chi connectivity index (χ1) is 13.6. The lowest BCUT2D eigenvalue weighted by molar-refractivity contribution is 0.0953. The molecule has 0 aliphatic heterocycles. The van der Waals surface area contributed by atoms with E-state index in [1.54, 1.807) is 19.5 Å². The molecular formula is C23H25N3O2.